The third-order valence-corrected chi connectivity index (χ3v) is 11.5. The van der Waals surface area contributed by atoms with E-state index in [0.717, 1.165) is 91.4 Å². The van der Waals surface area contributed by atoms with E-state index < -0.39 is 0 Å². The van der Waals surface area contributed by atoms with Crippen LogP contribution in [0.25, 0.3) is 0 Å². The van der Waals surface area contributed by atoms with E-state index in [1.54, 1.807) is 49.1 Å². The molecule has 0 saturated carbocycles. The van der Waals surface area contributed by atoms with Crippen LogP contribution in [0.1, 0.15) is 35.1 Å². The molecule has 0 amide bonds. The molecule has 0 bridgehead atoms. The third-order valence-electron chi connectivity index (χ3n) is 11.5. The lowest BCUT2D eigenvalue weighted by Crippen LogP contribution is -2.43. The summed E-state index contributed by atoms with van der Waals surface area (Å²) in [5.74, 6) is 1.95. The van der Waals surface area contributed by atoms with Crippen molar-refractivity contribution >= 4 is 24.9 Å². The van der Waals surface area contributed by atoms with Gasteiger partial charge in [-0.05, 0) is 87.6 Å². The average molecular weight is 909 g/mol. The number of nitrogens with zero attached hydrogens (tertiary/aromatic N) is 8. The summed E-state index contributed by atoms with van der Waals surface area (Å²) < 4.78 is 21.1. The van der Waals surface area contributed by atoms with Crippen molar-refractivity contribution < 1.29 is 39.4 Å². The van der Waals surface area contributed by atoms with Gasteiger partial charge in [-0.3, -0.25) is 20.0 Å². The van der Waals surface area contributed by atoms with Crippen LogP contribution in [-0.4, -0.2) is 198 Å². The molecule has 4 N–H and O–H groups in total. The van der Waals surface area contributed by atoms with Crippen molar-refractivity contribution in [1.82, 2.24) is 19.6 Å². The fourth-order valence-electron chi connectivity index (χ4n) is 7.62. The van der Waals surface area contributed by atoms with Gasteiger partial charge in [0.15, 0.2) is 46.0 Å². The topological polar surface area (TPSA) is 180 Å². The molecular weight excluding hydrogens is 841 g/mol. The third kappa shape index (κ3) is 16.0. The van der Waals surface area contributed by atoms with Gasteiger partial charge in [-0.25, -0.2) is 0 Å². The molecule has 1 fully saturated rings. The zero-order chi connectivity index (χ0) is 46.9. The van der Waals surface area contributed by atoms with E-state index in [2.05, 4.69) is 19.6 Å². The molecule has 16 heteroatoms. The molecule has 0 spiro atoms. The quantitative estimate of drug-likeness (QED) is 0.0841. The molecule has 0 atom stereocenters. The maximum Gasteiger partial charge on any atom is 0.166 e. The van der Waals surface area contributed by atoms with Gasteiger partial charge >= 0.3 is 0 Å². The predicted molar refractivity (Wildman–Crippen MR) is 263 cm³/mol. The minimum atomic E-state index is 0.0755. The van der Waals surface area contributed by atoms with Crippen molar-refractivity contribution in [2.45, 2.75) is 12.8 Å². The van der Waals surface area contributed by atoms with Crippen molar-refractivity contribution in [1.29, 1.82) is 0 Å². The minimum absolute atomic E-state index is 0.0755. The molecular formula is C50H68N8O8. The van der Waals surface area contributed by atoms with Gasteiger partial charge in [0, 0.05) is 99.5 Å². The van der Waals surface area contributed by atoms with Crippen LogP contribution in [0.4, 0.5) is 0 Å². The first-order chi connectivity index (χ1) is 32.2. The van der Waals surface area contributed by atoms with Gasteiger partial charge in [-0.2, -0.15) is 0 Å². The Kier molecular flexibility index (Phi) is 21.5. The number of aromatic hydroxyl groups is 4. The number of methoxy groups -OCH3 is 4. The van der Waals surface area contributed by atoms with Gasteiger partial charge in [0.05, 0.1) is 54.6 Å². The highest BCUT2D eigenvalue weighted by Gasteiger charge is 2.16. The summed E-state index contributed by atoms with van der Waals surface area (Å²) in [7, 11) is 6.13. The van der Waals surface area contributed by atoms with Crippen LogP contribution in [0.15, 0.2) is 92.8 Å². The first kappa shape index (κ1) is 50.8. The van der Waals surface area contributed by atoms with Crippen molar-refractivity contribution in [3.05, 3.63) is 95.1 Å². The molecule has 1 saturated heterocycles. The second-order valence-electron chi connectivity index (χ2n) is 15.8. The highest BCUT2D eigenvalue weighted by molar-refractivity contribution is 5.86. The molecule has 356 valence electrons. The molecule has 4 aromatic carbocycles. The average Bonchev–Trinajstić information content (AvgIpc) is 3.33. The van der Waals surface area contributed by atoms with Crippen LogP contribution in [0.3, 0.4) is 0 Å². The Morgan fingerprint density at radius 3 is 0.818 bits per heavy atom. The number of phenolic OH excluding ortho intramolecular Hbond substituents is 4. The lowest BCUT2D eigenvalue weighted by Gasteiger charge is -2.31. The summed E-state index contributed by atoms with van der Waals surface area (Å²) >= 11 is 0. The number of benzene rings is 4. The van der Waals surface area contributed by atoms with Crippen molar-refractivity contribution in [3.63, 3.8) is 0 Å². The monoisotopic (exact) mass is 909 g/mol. The Morgan fingerprint density at radius 2 is 0.606 bits per heavy atom. The summed E-state index contributed by atoms with van der Waals surface area (Å²) in [5, 5.41) is 42.4. The SMILES string of the molecule is COc1cccc(C=NCCN2CCCN(CCN=Cc3cccc(OC)c3O)CCN(CCN=Cc3cccc(OC)c3O)CCCN(CCN=Cc3cccc(OC)c3O)CC2)c1O. The van der Waals surface area contributed by atoms with Crippen molar-refractivity contribution in [3.8, 4) is 46.0 Å². The van der Waals surface area contributed by atoms with Gasteiger partial charge in [0.25, 0.3) is 0 Å². The molecule has 1 aliphatic rings. The fourth-order valence-corrected chi connectivity index (χ4v) is 7.62. The molecule has 1 aliphatic heterocycles. The minimum Gasteiger partial charge on any atom is -0.504 e. The molecule has 5 rings (SSSR count). The number of hydrogen-bond acceptors (Lipinski definition) is 16. The highest BCUT2D eigenvalue weighted by Crippen LogP contribution is 2.30. The van der Waals surface area contributed by atoms with Crippen LogP contribution in [-0.2, 0) is 0 Å². The highest BCUT2D eigenvalue weighted by atomic mass is 16.5. The number of para-hydroxylation sites is 4. The fraction of sp³-hybridized carbons (Fsp3) is 0.440. The van der Waals surface area contributed by atoms with E-state index in [0.29, 0.717) is 71.4 Å². The summed E-state index contributed by atoms with van der Waals surface area (Å²) in [6, 6.07) is 21.5. The summed E-state index contributed by atoms with van der Waals surface area (Å²) in [4.78, 5) is 28.7. The van der Waals surface area contributed by atoms with Gasteiger partial charge in [-0.15, -0.1) is 0 Å². The smallest absolute Gasteiger partial charge is 0.166 e. The molecule has 16 nitrogen and oxygen atoms in total. The van der Waals surface area contributed by atoms with Gasteiger partial charge < -0.3 is 59.0 Å². The van der Waals surface area contributed by atoms with Crippen LogP contribution in [0.5, 0.6) is 46.0 Å². The molecule has 0 radical (unpaired) electrons. The van der Waals surface area contributed by atoms with E-state index in [4.69, 9.17) is 38.9 Å². The van der Waals surface area contributed by atoms with Crippen LogP contribution < -0.4 is 18.9 Å². The van der Waals surface area contributed by atoms with E-state index >= 15 is 0 Å². The van der Waals surface area contributed by atoms with Gasteiger partial charge in [-0.1, -0.05) is 24.3 Å². The van der Waals surface area contributed by atoms with Crippen molar-refractivity contribution in [2.75, 3.05) is 133 Å². The number of rotatable bonds is 20. The van der Waals surface area contributed by atoms with Gasteiger partial charge in [0.1, 0.15) is 0 Å². The van der Waals surface area contributed by atoms with Crippen LogP contribution in [0.2, 0.25) is 0 Å². The Balaban J connectivity index is 1.30. The van der Waals surface area contributed by atoms with E-state index in [-0.39, 0.29) is 23.0 Å². The molecule has 1 heterocycles. The summed E-state index contributed by atoms with van der Waals surface area (Å²) in [6.45, 7) is 12.1. The zero-order valence-corrected chi connectivity index (χ0v) is 39.0. The largest absolute Gasteiger partial charge is 0.504 e. The first-order valence-corrected chi connectivity index (χ1v) is 22.6. The second kappa shape index (κ2) is 28.0. The summed E-state index contributed by atoms with van der Waals surface area (Å²) in [6.07, 6.45) is 8.70. The summed E-state index contributed by atoms with van der Waals surface area (Å²) in [5.41, 5.74) is 2.45. The van der Waals surface area contributed by atoms with E-state index in [1.807, 2.05) is 48.5 Å². The second-order valence-corrected chi connectivity index (χ2v) is 15.8. The molecule has 66 heavy (non-hydrogen) atoms. The van der Waals surface area contributed by atoms with E-state index in [1.165, 1.54) is 28.4 Å². The standard InChI is InChI=1S/C50H68N8O8/c1-63-43-15-5-11-39(47(43)59)35-51-19-27-55-23-9-24-57(29-21-53-37-41-13-7-17-45(65-3)49(41)61)33-34-58(30-22-54-38-42-14-8-18-46(66-4)50(42)62)26-10-25-56(32-31-55)28-20-52-36-40-12-6-16-44(64-2)48(40)60/h5-8,11-18,35-38,59-62H,9-10,19-34H2,1-4H3. The maximum absolute atomic E-state index is 10.6. The van der Waals surface area contributed by atoms with Gasteiger partial charge in [0.2, 0.25) is 0 Å². The molecule has 0 aromatic heterocycles. The Labute approximate surface area is 389 Å². The normalized spacial score (nSPS) is 15.8. The van der Waals surface area contributed by atoms with Crippen molar-refractivity contribution in [2.24, 2.45) is 20.0 Å². The zero-order valence-electron chi connectivity index (χ0n) is 39.0. The number of hydrogen-bond donors (Lipinski definition) is 4. The Hall–Kier alpha value is -6.20. The number of ether oxygens (including phenoxy) is 4. The Morgan fingerprint density at radius 1 is 0.379 bits per heavy atom. The lowest BCUT2D eigenvalue weighted by atomic mass is 10.2. The Bertz CT molecular complexity index is 1900. The van der Waals surface area contributed by atoms with E-state index in [9.17, 15) is 20.4 Å². The molecule has 0 unspecified atom stereocenters. The molecule has 4 aromatic rings. The van der Waals surface area contributed by atoms with Crippen LogP contribution >= 0.6 is 0 Å². The first-order valence-electron chi connectivity index (χ1n) is 22.6. The number of aliphatic imine (C=N–C) groups is 4. The maximum atomic E-state index is 10.6. The molecule has 0 aliphatic carbocycles. The van der Waals surface area contributed by atoms with Crippen LogP contribution in [0, 0.1) is 0 Å². The lowest BCUT2D eigenvalue weighted by molar-refractivity contribution is 0.164. The predicted octanol–water partition coefficient (Wildman–Crippen LogP) is 5.32. The number of phenols is 4.